The zero-order chi connectivity index (χ0) is 11.0. The number of carbonyl (C=O) groups is 1. The van der Waals surface area contributed by atoms with E-state index < -0.39 is 6.29 Å². The third kappa shape index (κ3) is 1.50. The molecule has 0 aromatic heterocycles. The highest BCUT2D eigenvalue weighted by molar-refractivity contribution is 5.51. The lowest BCUT2D eigenvalue weighted by Crippen LogP contribution is -2.51. The Bertz CT molecular complexity index is 310. The molecular weight excluding hydrogens is 196 g/mol. The molecule has 0 aliphatic carbocycles. The molecule has 3 rings (SSSR count). The van der Waals surface area contributed by atoms with E-state index in [9.17, 15) is 4.79 Å². The monoisotopic (exact) mass is 210 g/mol. The van der Waals surface area contributed by atoms with Crippen LogP contribution in [-0.4, -0.2) is 26.0 Å². The van der Waals surface area contributed by atoms with Gasteiger partial charge in [0.2, 0.25) is 6.29 Å². The van der Waals surface area contributed by atoms with E-state index in [0.29, 0.717) is 12.2 Å². The molecule has 3 heterocycles. The number of hydrogen-bond acceptors (Lipinski definition) is 4. The Morgan fingerprint density at radius 1 is 1.53 bits per heavy atom. The van der Waals surface area contributed by atoms with Crippen molar-refractivity contribution in [2.24, 2.45) is 11.8 Å². The first kappa shape index (κ1) is 10.4. The van der Waals surface area contributed by atoms with E-state index in [1.807, 2.05) is 0 Å². The summed E-state index contributed by atoms with van der Waals surface area (Å²) in [6.45, 7) is 7.79. The Morgan fingerprint density at radius 2 is 2.27 bits per heavy atom. The first-order valence-corrected chi connectivity index (χ1v) is 4.85. The van der Waals surface area contributed by atoms with Crippen LogP contribution < -0.4 is 0 Å². The van der Waals surface area contributed by atoms with Crippen molar-refractivity contribution in [2.45, 2.75) is 19.0 Å². The molecule has 0 unspecified atom stereocenters. The van der Waals surface area contributed by atoms with Gasteiger partial charge in [-0.1, -0.05) is 18.7 Å². The number of hydrogen-bond donors (Lipinski definition) is 0. The van der Waals surface area contributed by atoms with E-state index in [2.05, 4.69) is 13.2 Å². The highest BCUT2D eigenvalue weighted by Crippen LogP contribution is 2.45. The van der Waals surface area contributed by atoms with Crippen molar-refractivity contribution in [1.29, 1.82) is 0 Å². The average Bonchev–Trinajstić information content (AvgIpc) is 2.22. The number of ether oxygens (including phenoxy) is 3. The van der Waals surface area contributed by atoms with Gasteiger partial charge in [-0.2, -0.15) is 0 Å². The maximum atomic E-state index is 10.5. The van der Waals surface area contributed by atoms with Crippen LogP contribution in [0.15, 0.2) is 24.5 Å². The number of carbonyl (C=O) groups excluding carboxylic acids is 1. The van der Waals surface area contributed by atoms with Crippen molar-refractivity contribution < 1.29 is 19.0 Å². The van der Waals surface area contributed by atoms with E-state index >= 15 is 0 Å². The maximum absolute atomic E-state index is 10.5. The molecule has 0 spiro atoms. The van der Waals surface area contributed by atoms with Crippen LogP contribution in [0.1, 0.15) is 6.42 Å². The Morgan fingerprint density at radius 3 is 2.80 bits per heavy atom. The van der Waals surface area contributed by atoms with Gasteiger partial charge >= 0.3 is 0 Å². The van der Waals surface area contributed by atoms with Gasteiger partial charge in [0.05, 0.1) is 5.92 Å². The zero-order valence-electron chi connectivity index (χ0n) is 8.64. The van der Waals surface area contributed by atoms with Crippen LogP contribution in [0.25, 0.3) is 0 Å². The van der Waals surface area contributed by atoms with E-state index in [-0.39, 0.29) is 18.1 Å². The van der Waals surface area contributed by atoms with Crippen molar-refractivity contribution in [3.63, 3.8) is 0 Å². The van der Waals surface area contributed by atoms with Crippen molar-refractivity contribution in [3.05, 3.63) is 24.5 Å². The number of aldehydes is 1. The SMILES string of the molecule is C=C1O[C@@H]2O[C@@H](OC)[C@H]1C(=C)[C@H]2CC=O. The fourth-order valence-corrected chi connectivity index (χ4v) is 2.13. The lowest BCUT2D eigenvalue weighted by atomic mass is 9.80. The summed E-state index contributed by atoms with van der Waals surface area (Å²) in [4.78, 5) is 10.5. The molecule has 82 valence electrons. The molecule has 2 bridgehead atoms. The third-order valence-corrected chi connectivity index (χ3v) is 2.94. The Hall–Kier alpha value is -1.13. The number of fused-ring (bicyclic) bond motifs is 3. The van der Waals surface area contributed by atoms with Crippen LogP contribution >= 0.6 is 0 Å². The molecule has 3 fully saturated rings. The minimum absolute atomic E-state index is 0.0793. The minimum atomic E-state index is -0.481. The molecule has 0 aromatic rings. The molecule has 0 saturated carbocycles. The molecule has 3 aliphatic heterocycles. The molecule has 3 aliphatic rings. The van der Waals surface area contributed by atoms with E-state index in [1.54, 1.807) is 7.11 Å². The molecule has 0 aromatic carbocycles. The fraction of sp³-hybridized carbons (Fsp3) is 0.545. The van der Waals surface area contributed by atoms with E-state index in [4.69, 9.17) is 14.2 Å². The molecular formula is C11H14O4. The smallest absolute Gasteiger partial charge is 0.209 e. The van der Waals surface area contributed by atoms with Crippen molar-refractivity contribution >= 4 is 6.29 Å². The minimum Gasteiger partial charge on any atom is -0.468 e. The summed E-state index contributed by atoms with van der Waals surface area (Å²) in [6.07, 6.45) is 0.356. The molecule has 0 radical (unpaired) electrons. The molecule has 0 N–H and O–H groups in total. The summed E-state index contributed by atoms with van der Waals surface area (Å²) < 4.78 is 16.1. The standard InChI is InChI=1S/C11H14O4/c1-6-8(4-5-12)10-14-7(2)9(6)11(13-3)15-10/h5,8-11H,1-2,4H2,3H3/t8-,9+,10-,11-/m1/s1. The first-order valence-electron chi connectivity index (χ1n) is 4.85. The molecule has 4 atom stereocenters. The lowest BCUT2D eigenvalue weighted by molar-refractivity contribution is -0.307. The van der Waals surface area contributed by atoms with Crippen LogP contribution in [0, 0.1) is 11.8 Å². The summed E-state index contributed by atoms with van der Waals surface area (Å²) in [6, 6.07) is 0. The van der Waals surface area contributed by atoms with Gasteiger partial charge in [0.1, 0.15) is 12.0 Å². The van der Waals surface area contributed by atoms with E-state index in [1.165, 1.54) is 0 Å². The predicted octanol–water partition coefficient (Wildman–Crippen LogP) is 1.24. The molecule has 15 heavy (non-hydrogen) atoms. The van der Waals surface area contributed by atoms with Crippen molar-refractivity contribution in [2.75, 3.05) is 7.11 Å². The predicted molar refractivity (Wildman–Crippen MR) is 52.7 cm³/mol. The largest absolute Gasteiger partial charge is 0.468 e. The normalized spacial score (nSPS) is 39.0. The van der Waals surface area contributed by atoms with Gasteiger partial charge in [0.25, 0.3) is 0 Å². The van der Waals surface area contributed by atoms with Gasteiger partial charge in [-0.25, -0.2) is 0 Å². The topological polar surface area (TPSA) is 44.8 Å². The van der Waals surface area contributed by atoms with Crippen LogP contribution in [-0.2, 0) is 19.0 Å². The fourth-order valence-electron chi connectivity index (χ4n) is 2.13. The molecule has 0 amide bonds. The number of rotatable bonds is 3. The first-order chi connectivity index (χ1) is 7.19. The van der Waals surface area contributed by atoms with E-state index in [0.717, 1.165) is 11.9 Å². The van der Waals surface area contributed by atoms with Gasteiger partial charge < -0.3 is 19.0 Å². The second kappa shape index (κ2) is 3.79. The van der Waals surface area contributed by atoms with Crippen molar-refractivity contribution in [1.82, 2.24) is 0 Å². The highest BCUT2D eigenvalue weighted by Gasteiger charge is 2.49. The van der Waals surface area contributed by atoms with Crippen LogP contribution in [0.3, 0.4) is 0 Å². The van der Waals surface area contributed by atoms with Crippen molar-refractivity contribution in [3.8, 4) is 0 Å². The van der Waals surface area contributed by atoms with Gasteiger partial charge in [-0.15, -0.1) is 0 Å². The van der Waals surface area contributed by atoms with Gasteiger partial charge in [-0.3, -0.25) is 0 Å². The maximum Gasteiger partial charge on any atom is 0.209 e. The second-order valence-electron chi connectivity index (χ2n) is 3.75. The Balaban J connectivity index is 2.24. The second-order valence-corrected chi connectivity index (χ2v) is 3.75. The van der Waals surface area contributed by atoms with Gasteiger partial charge in [0.15, 0.2) is 6.29 Å². The highest BCUT2D eigenvalue weighted by atomic mass is 16.8. The van der Waals surface area contributed by atoms with Crippen LogP contribution in [0.2, 0.25) is 0 Å². The number of methoxy groups -OCH3 is 1. The van der Waals surface area contributed by atoms with Gasteiger partial charge in [0, 0.05) is 19.4 Å². The summed E-state index contributed by atoms with van der Waals surface area (Å²) in [5, 5.41) is 0. The zero-order valence-corrected chi connectivity index (χ0v) is 8.64. The molecule has 4 heteroatoms. The van der Waals surface area contributed by atoms with Crippen LogP contribution in [0.4, 0.5) is 0 Å². The average molecular weight is 210 g/mol. The molecule has 3 saturated heterocycles. The van der Waals surface area contributed by atoms with Crippen LogP contribution in [0.5, 0.6) is 0 Å². The Kier molecular flexibility index (Phi) is 2.63. The summed E-state index contributed by atoms with van der Waals surface area (Å²) in [7, 11) is 1.57. The Labute approximate surface area is 88.5 Å². The third-order valence-electron chi connectivity index (χ3n) is 2.94. The molecule has 4 nitrogen and oxygen atoms in total. The lowest BCUT2D eigenvalue weighted by Gasteiger charge is -2.48. The summed E-state index contributed by atoms with van der Waals surface area (Å²) in [5.41, 5.74) is 0.918. The summed E-state index contributed by atoms with van der Waals surface area (Å²) >= 11 is 0. The van der Waals surface area contributed by atoms with Gasteiger partial charge in [-0.05, 0) is 0 Å². The quantitative estimate of drug-likeness (QED) is 0.519. The summed E-state index contributed by atoms with van der Waals surface area (Å²) in [5.74, 6) is 0.375.